The van der Waals surface area contributed by atoms with E-state index in [0.717, 1.165) is 6.42 Å². The third-order valence-corrected chi connectivity index (χ3v) is 1.58. The van der Waals surface area contributed by atoms with Gasteiger partial charge in [0.15, 0.2) is 0 Å². The Morgan fingerprint density at radius 1 is 1.54 bits per heavy atom. The van der Waals surface area contributed by atoms with Gasteiger partial charge in [-0.3, -0.25) is 0 Å². The van der Waals surface area contributed by atoms with Crippen molar-refractivity contribution in [3.05, 3.63) is 11.8 Å². The fourth-order valence-corrected chi connectivity index (χ4v) is 0.225. The van der Waals surface area contributed by atoms with Gasteiger partial charge in [0.1, 0.15) is 6.26 Å². The number of halogens is 1. The Morgan fingerprint density at radius 3 is 1.85 bits per heavy atom. The normalized spacial score (nSPS) is 13.9. The van der Waals surface area contributed by atoms with E-state index in [1.807, 2.05) is 13.8 Å². The monoisotopic (exact) mass is 251 g/mol. The van der Waals surface area contributed by atoms with Crippen LogP contribution in [-0.4, -0.2) is 11.5 Å². The van der Waals surface area contributed by atoms with E-state index in [4.69, 9.17) is 5.73 Å². The second kappa shape index (κ2) is 6.16. The summed E-state index contributed by atoms with van der Waals surface area (Å²) in [7, 11) is 0. The lowest BCUT2D eigenvalue weighted by Crippen LogP contribution is -2.30. The third kappa shape index (κ3) is 7.99. The van der Waals surface area contributed by atoms with Crippen LogP contribution in [0.25, 0.3) is 0 Å². The number of cyclic esters (lactones) is 1. The van der Waals surface area contributed by atoms with E-state index in [-0.39, 0.29) is 28.5 Å². The van der Waals surface area contributed by atoms with Gasteiger partial charge in [0.25, 0.3) is 0 Å². The molecule has 0 aromatic rings. The van der Waals surface area contributed by atoms with Crippen molar-refractivity contribution >= 4 is 23.0 Å². The molecule has 2 N–H and O–H groups in total. The predicted molar refractivity (Wildman–Crippen MR) is 58.7 cm³/mol. The minimum Gasteiger partial charge on any atom is -0.430 e. The zero-order valence-electron chi connectivity index (χ0n) is 8.59. The molecule has 1 aliphatic rings. The van der Waals surface area contributed by atoms with Gasteiger partial charge in [-0.1, -0.05) is 6.92 Å². The summed E-state index contributed by atoms with van der Waals surface area (Å²) in [5.41, 5.74) is 6.28. The van der Waals surface area contributed by atoms with Crippen molar-refractivity contribution in [3.63, 3.8) is 0 Å². The first-order valence-electron chi connectivity index (χ1n) is 4.03. The number of ether oxygens (including phenoxy) is 1. The summed E-state index contributed by atoms with van der Waals surface area (Å²) in [4.78, 5) is 9.94. The number of esters is 1. The number of carbonyl (C=O) groups is 1. The lowest BCUT2D eigenvalue weighted by atomic mass is 10.1. The number of nitrogens with two attached hydrogens (primary N) is 1. The highest BCUT2D eigenvalue weighted by atomic mass is 79.9. The first-order chi connectivity index (χ1) is 5.37. The molecule has 0 unspecified atom stereocenters. The molecular weight excluding hydrogens is 234 g/mol. The predicted octanol–water partition coefficient (Wildman–Crippen LogP) is 2.16. The summed E-state index contributed by atoms with van der Waals surface area (Å²) >= 11 is 0. The van der Waals surface area contributed by atoms with Gasteiger partial charge >= 0.3 is 5.97 Å². The standard InChI is InChI=1S/C5H13N.C4H4O2.BrH/c1-4-5(2,3)6;1-3-2-6-4(3)5;/h4,6H2,1-3H3;2H,1H3;1H. The molecule has 0 atom stereocenters. The average molecular weight is 252 g/mol. The third-order valence-electron chi connectivity index (χ3n) is 1.58. The highest BCUT2D eigenvalue weighted by Gasteiger charge is 2.12. The number of rotatable bonds is 1. The Labute approximate surface area is 90.1 Å². The van der Waals surface area contributed by atoms with Crippen molar-refractivity contribution < 1.29 is 9.53 Å². The Bertz CT molecular complexity index is 194. The summed E-state index contributed by atoms with van der Waals surface area (Å²) < 4.78 is 4.24. The van der Waals surface area contributed by atoms with Crippen LogP contribution in [0.1, 0.15) is 34.1 Å². The smallest absolute Gasteiger partial charge is 0.341 e. The van der Waals surface area contributed by atoms with E-state index >= 15 is 0 Å². The van der Waals surface area contributed by atoms with Crippen molar-refractivity contribution in [1.29, 1.82) is 0 Å². The molecular formula is C9H18BrNO2. The maximum atomic E-state index is 9.94. The van der Waals surface area contributed by atoms with E-state index < -0.39 is 0 Å². The van der Waals surface area contributed by atoms with E-state index in [1.165, 1.54) is 6.26 Å². The second-order valence-electron chi connectivity index (χ2n) is 3.55. The zero-order valence-corrected chi connectivity index (χ0v) is 10.3. The fourth-order valence-electron chi connectivity index (χ4n) is 0.225. The van der Waals surface area contributed by atoms with Gasteiger partial charge in [-0.05, 0) is 27.2 Å². The number of carbonyl (C=O) groups excluding carboxylic acids is 1. The van der Waals surface area contributed by atoms with E-state index in [2.05, 4.69) is 11.7 Å². The van der Waals surface area contributed by atoms with Crippen molar-refractivity contribution in [3.8, 4) is 0 Å². The van der Waals surface area contributed by atoms with E-state index in [0.29, 0.717) is 5.57 Å². The molecule has 3 nitrogen and oxygen atoms in total. The van der Waals surface area contributed by atoms with Gasteiger partial charge < -0.3 is 10.5 Å². The highest BCUT2D eigenvalue weighted by Crippen LogP contribution is 2.06. The topological polar surface area (TPSA) is 52.3 Å². The van der Waals surface area contributed by atoms with Crippen LogP contribution in [0, 0.1) is 0 Å². The highest BCUT2D eigenvalue weighted by molar-refractivity contribution is 8.93. The zero-order chi connectivity index (χ0) is 9.78. The Kier molecular flexibility index (Phi) is 7.17. The number of hydrogen-bond acceptors (Lipinski definition) is 3. The molecule has 13 heavy (non-hydrogen) atoms. The van der Waals surface area contributed by atoms with Crippen LogP contribution in [0.15, 0.2) is 11.8 Å². The van der Waals surface area contributed by atoms with Gasteiger partial charge in [0.05, 0.1) is 5.57 Å². The van der Waals surface area contributed by atoms with Crippen LogP contribution < -0.4 is 5.73 Å². The molecule has 0 saturated carbocycles. The molecule has 0 saturated heterocycles. The van der Waals surface area contributed by atoms with E-state index in [1.54, 1.807) is 6.92 Å². The summed E-state index contributed by atoms with van der Waals surface area (Å²) in [6.07, 6.45) is 2.48. The minimum absolute atomic E-state index is 0. The Balaban J connectivity index is 0. The van der Waals surface area contributed by atoms with Crippen LogP contribution in [0.3, 0.4) is 0 Å². The lowest BCUT2D eigenvalue weighted by Gasteiger charge is -2.13. The maximum absolute atomic E-state index is 9.94. The SMILES string of the molecule is Br.CC1=COC1=O.CCC(C)(C)N. The Hall–Kier alpha value is -0.350. The van der Waals surface area contributed by atoms with Crippen LogP contribution >= 0.6 is 17.0 Å². The largest absolute Gasteiger partial charge is 0.430 e. The first-order valence-corrected chi connectivity index (χ1v) is 4.03. The molecule has 0 bridgehead atoms. The van der Waals surface area contributed by atoms with Gasteiger partial charge in [0, 0.05) is 5.54 Å². The second-order valence-corrected chi connectivity index (χ2v) is 3.55. The van der Waals surface area contributed by atoms with Gasteiger partial charge in [-0.15, -0.1) is 17.0 Å². The van der Waals surface area contributed by atoms with Crippen molar-refractivity contribution in [2.45, 2.75) is 39.7 Å². The molecule has 1 heterocycles. The van der Waals surface area contributed by atoms with Crippen LogP contribution in [0.2, 0.25) is 0 Å². The molecule has 78 valence electrons. The van der Waals surface area contributed by atoms with Gasteiger partial charge in [-0.2, -0.15) is 0 Å². The molecule has 0 aliphatic carbocycles. The first kappa shape index (κ1) is 15.1. The van der Waals surface area contributed by atoms with Crippen LogP contribution in [-0.2, 0) is 9.53 Å². The van der Waals surface area contributed by atoms with Crippen LogP contribution in [0.5, 0.6) is 0 Å². The molecule has 0 amide bonds. The fraction of sp³-hybridized carbons (Fsp3) is 0.667. The summed E-state index contributed by atoms with van der Waals surface area (Å²) in [6, 6.07) is 0. The summed E-state index contributed by atoms with van der Waals surface area (Å²) in [5.74, 6) is -0.199. The van der Waals surface area contributed by atoms with Crippen molar-refractivity contribution in [2.75, 3.05) is 0 Å². The number of hydrogen-bond donors (Lipinski definition) is 1. The van der Waals surface area contributed by atoms with Crippen LogP contribution in [0.4, 0.5) is 0 Å². The molecule has 1 rings (SSSR count). The van der Waals surface area contributed by atoms with Crippen molar-refractivity contribution in [2.24, 2.45) is 5.73 Å². The molecule has 0 fully saturated rings. The van der Waals surface area contributed by atoms with Crippen molar-refractivity contribution in [1.82, 2.24) is 0 Å². The van der Waals surface area contributed by atoms with E-state index in [9.17, 15) is 4.79 Å². The lowest BCUT2D eigenvalue weighted by molar-refractivity contribution is -0.138. The Morgan fingerprint density at radius 2 is 1.85 bits per heavy atom. The molecule has 0 aromatic carbocycles. The molecule has 0 aromatic heterocycles. The van der Waals surface area contributed by atoms with Gasteiger partial charge in [-0.25, -0.2) is 4.79 Å². The quantitative estimate of drug-likeness (QED) is 0.727. The maximum Gasteiger partial charge on any atom is 0.341 e. The molecule has 0 spiro atoms. The average Bonchev–Trinajstić information content (AvgIpc) is 2.01. The molecule has 4 heteroatoms. The minimum atomic E-state index is -0.199. The molecule has 1 aliphatic heterocycles. The summed E-state index contributed by atoms with van der Waals surface area (Å²) in [5, 5.41) is 0. The summed E-state index contributed by atoms with van der Waals surface area (Å²) in [6.45, 7) is 7.84. The van der Waals surface area contributed by atoms with Gasteiger partial charge in [0.2, 0.25) is 0 Å². The molecule has 0 radical (unpaired) electrons.